The van der Waals surface area contributed by atoms with Crippen LogP contribution in [0.5, 0.6) is 0 Å². The van der Waals surface area contributed by atoms with Gasteiger partial charge in [0.2, 0.25) is 0 Å². The number of aromatic nitrogens is 1. The minimum absolute atomic E-state index is 0.128. The van der Waals surface area contributed by atoms with Crippen LogP contribution >= 0.6 is 0 Å². The Morgan fingerprint density at radius 2 is 2.27 bits per heavy atom. The second-order valence-electron chi connectivity index (χ2n) is 3.07. The van der Waals surface area contributed by atoms with Crippen molar-refractivity contribution >= 4 is 5.91 Å². The number of hydrogen-bond acceptors (Lipinski definition) is 3. The van der Waals surface area contributed by atoms with Crippen LogP contribution in [0.4, 0.5) is 0 Å². The molecule has 15 heavy (non-hydrogen) atoms. The van der Waals surface area contributed by atoms with E-state index in [9.17, 15) is 4.79 Å². The molecule has 1 aromatic heterocycles. The molecule has 4 heteroatoms. The van der Waals surface area contributed by atoms with Gasteiger partial charge in [-0.05, 0) is 25.5 Å². The van der Waals surface area contributed by atoms with Gasteiger partial charge in [-0.1, -0.05) is 6.92 Å². The highest BCUT2D eigenvalue weighted by atomic mass is 16.7. The molecule has 0 spiro atoms. The van der Waals surface area contributed by atoms with Gasteiger partial charge in [0.25, 0.3) is 5.91 Å². The Morgan fingerprint density at radius 3 is 2.80 bits per heavy atom. The fourth-order valence-corrected chi connectivity index (χ4v) is 1.30. The summed E-state index contributed by atoms with van der Waals surface area (Å²) < 4.78 is 0. The van der Waals surface area contributed by atoms with Gasteiger partial charge in [-0.3, -0.25) is 14.6 Å². The van der Waals surface area contributed by atoms with Crippen LogP contribution in [0.3, 0.4) is 0 Å². The summed E-state index contributed by atoms with van der Waals surface area (Å²) in [4.78, 5) is 20.9. The summed E-state index contributed by atoms with van der Waals surface area (Å²) in [5.74, 6) is -0.128. The van der Waals surface area contributed by atoms with Crippen molar-refractivity contribution in [2.24, 2.45) is 0 Å². The van der Waals surface area contributed by atoms with E-state index in [1.165, 1.54) is 12.2 Å². The summed E-state index contributed by atoms with van der Waals surface area (Å²) >= 11 is 0. The number of amides is 1. The number of carbonyl (C=O) groups is 1. The van der Waals surface area contributed by atoms with E-state index in [4.69, 9.17) is 4.84 Å². The van der Waals surface area contributed by atoms with E-state index in [0.717, 1.165) is 12.1 Å². The third-order valence-corrected chi connectivity index (χ3v) is 2.16. The van der Waals surface area contributed by atoms with Gasteiger partial charge in [-0.2, -0.15) is 0 Å². The average Bonchev–Trinajstić information content (AvgIpc) is 2.30. The van der Waals surface area contributed by atoms with E-state index < -0.39 is 0 Å². The molecule has 0 bridgehead atoms. The topological polar surface area (TPSA) is 42.4 Å². The first-order valence-electron chi connectivity index (χ1n) is 5.03. The number of aryl methyl sites for hydroxylation is 1. The number of pyridine rings is 1. The van der Waals surface area contributed by atoms with E-state index in [1.807, 2.05) is 13.8 Å². The van der Waals surface area contributed by atoms with Crippen molar-refractivity contribution in [1.82, 2.24) is 10.0 Å². The molecule has 1 heterocycles. The molecule has 82 valence electrons. The fourth-order valence-electron chi connectivity index (χ4n) is 1.30. The number of hydroxylamine groups is 2. The quantitative estimate of drug-likeness (QED) is 0.707. The molecule has 0 N–H and O–H groups in total. The fraction of sp³-hybridized carbons (Fsp3) is 0.455. The molecule has 1 rings (SSSR count). The zero-order valence-electron chi connectivity index (χ0n) is 9.36. The molecule has 4 nitrogen and oxygen atoms in total. The first-order chi connectivity index (χ1) is 7.22. The van der Waals surface area contributed by atoms with Crippen molar-refractivity contribution in [1.29, 1.82) is 0 Å². The maximum atomic E-state index is 11.8. The monoisotopic (exact) mass is 208 g/mol. The van der Waals surface area contributed by atoms with Crippen LogP contribution in [0.1, 0.15) is 29.9 Å². The SMILES string of the molecule is CCc1cc(C(=O)N(CC)OC)ccn1. The van der Waals surface area contributed by atoms with Crippen LogP contribution < -0.4 is 0 Å². The molecule has 0 radical (unpaired) electrons. The van der Waals surface area contributed by atoms with Crippen molar-refractivity contribution in [2.45, 2.75) is 20.3 Å². The zero-order valence-corrected chi connectivity index (χ0v) is 9.36. The largest absolute Gasteiger partial charge is 0.277 e. The van der Waals surface area contributed by atoms with Crippen molar-refractivity contribution in [3.63, 3.8) is 0 Å². The number of hydrogen-bond donors (Lipinski definition) is 0. The van der Waals surface area contributed by atoms with Crippen molar-refractivity contribution in [2.75, 3.05) is 13.7 Å². The van der Waals surface area contributed by atoms with Gasteiger partial charge in [0, 0.05) is 24.0 Å². The third-order valence-electron chi connectivity index (χ3n) is 2.16. The molecule has 1 aromatic rings. The minimum Gasteiger partial charge on any atom is -0.274 e. The lowest BCUT2D eigenvalue weighted by Gasteiger charge is -2.17. The van der Waals surface area contributed by atoms with E-state index in [-0.39, 0.29) is 5.91 Å². The van der Waals surface area contributed by atoms with Gasteiger partial charge in [0.1, 0.15) is 0 Å². The summed E-state index contributed by atoms with van der Waals surface area (Å²) in [5.41, 5.74) is 1.53. The molecule has 0 aliphatic heterocycles. The molecule has 0 atom stereocenters. The summed E-state index contributed by atoms with van der Waals surface area (Å²) in [6.45, 7) is 4.40. The highest BCUT2D eigenvalue weighted by Crippen LogP contribution is 2.06. The van der Waals surface area contributed by atoms with Crippen LogP contribution in [0.2, 0.25) is 0 Å². The van der Waals surface area contributed by atoms with Gasteiger partial charge in [0.05, 0.1) is 7.11 Å². The molecule has 0 aliphatic carbocycles. The molecule has 0 aliphatic rings. The van der Waals surface area contributed by atoms with Gasteiger partial charge in [0.15, 0.2) is 0 Å². The van der Waals surface area contributed by atoms with E-state index in [2.05, 4.69) is 4.98 Å². The molecular formula is C11H16N2O2. The Balaban J connectivity index is 2.90. The maximum absolute atomic E-state index is 11.8. The Morgan fingerprint density at radius 1 is 1.53 bits per heavy atom. The normalized spacial score (nSPS) is 10.1. The molecule has 0 saturated heterocycles. The highest BCUT2D eigenvalue weighted by molar-refractivity contribution is 5.93. The van der Waals surface area contributed by atoms with E-state index in [0.29, 0.717) is 12.1 Å². The Labute approximate surface area is 89.8 Å². The number of nitrogens with zero attached hydrogens (tertiary/aromatic N) is 2. The molecule has 0 unspecified atom stereocenters. The predicted molar refractivity (Wildman–Crippen MR) is 57.3 cm³/mol. The molecule has 0 aromatic carbocycles. The van der Waals surface area contributed by atoms with Crippen LogP contribution in [0.15, 0.2) is 18.3 Å². The average molecular weight is 208 g/mol. The first-order valence-corrected chi connectivity index (χ1v) is 5.03. The smallest absolute Gasteiger partial charge is 0.274 e. The Bertz CT molecular complexity index is 335. The van der Waals surface area contributed by atoms with Gasteiger partial charge >= 0.3 is 0 Å². The maximum Gasteiger partial charge on any atom is 0.277 e. The molecular weight excluding hydrogens is 192 g/mol. The summed E-state index contributed by atoms with van der Waals surface area (Å²) in [6.07, 6.45) is 2.47. The van der Waals surface area contributed by atoms with Gasteiger partial charge < -0.3 is 0 Å². The number of carbonyl (C=O) groups excluding carboxylic acids is 1. The van der Waals surface area contributed by atoms with Crippen LogP contribution in [-0.2, 0) is 11.3 Å². The lowest BCUT2D eigenvalue weighted by Crippen LogP contribution is -2.29. The van der Waals surface area contributed by atoms with Gasteiger partial charge in [-0.15, -0.1) is 0 Å². The molecule has 0 saturated carbocycles. The van der Waals surface area contributed by atoms with Crippen LogP contribution in [-0.4, -0.2) is 29.6 Å². The van der Waals surface area contributed by atoms with Crippen molar-refractivity contribution in [3.8, 4) is 0 Å². The predicted octanol–water partition coefficient (Wildman–Crippen LogP) is 1.67. The first kappa shape index (κ1) is 11.7. The van der Waals surface area contributed by atoms with Crippen LogP contribution in [0.25, 0.3) is 0 Å². The minimum atomic E-state index is -0.128. The van der Waals surface area contributed by atoms with Crippen molar-refractivity contribution in [3.05, 3.63) is 29.6 Å². The standard InChI is InChI=1S/C11H16N2O2/c1-4-10-8-9(6-7-12-10)11(14)13(5-2)15-3/h6-8H,4-5H2,1-3H3. The number of rotatable bonds is 4. The third kappa shape index (κ3) is 2.76. The lowest BCUT2D eigenvalue weighted by atomic mass is 10.2. The molecule has 1 amide bonds. The Hall–Kier alpha value is -1.42. The summed E-state index contributed by atoms with van der Waals surface area (Å²) in [5, 5.41) is 1.31. The summed E-state index contributed by atoms with van der Waals surface area (Å²) in [7, 11) is 1.49. The van der Waals surface area contributed by atoms with Gasteiger partial charge in [-0.25, -0.2) is 5.06 Å². The zero-order chi connectivity index (χ0) is 11.3. The van der Waals surface area contributed by atoms with E-state index >= 15 is 0 Å². The Kier molecular flexibility index (Phi) is 4.24. The lowest BCUT2D eigenvalue weighted by molar-refractivity contribution is -0.0915. The summed E-state index contributed by atoms with van der Waals surface area (Å²) in [6, 6.07) is 3.49. The van der Waals surface area contributed by atoms with Crippen LogP contribution in [0, 0.1) is 0 Å². The highest BCUT2D eigenvalue weighted by Gasteiger charge is 2.13. The second-order valence-corrected chi connectivity index (χ2v) is 3.07. The second kappa shape index (κ2) is 5.46. The van der Waals surface area contributed by atoms with E-state index in [1.54, 1.807) is 18.3 Å². The molecule has 0 fully saturated rings. The van der Waals surface area contributed by atoms with Crippen molar-refractivity contribution < 1.29 is 9.63 Å².